The average Bonchev–Trinajstić information content (AvgIpc) is 2.89. The first-order valence-corrected chi connectivity index (χ1v) is 8.67. The maximum atomic E-state index is 12.1. The number of carbonyl (C=O) groups is 1. The first-order valence-electron chi connectivity index (χ1n) is 8.67. The Morgan fingerprint density at radius 3 is 2.85 bits per heavy atom. The zero-order chi connectivity index (χ0) is 13.9. The van der Waals surface area contributed by atoms with Crippen molar-refractivity contribution in [3.63, 3.8) is 0 Å². The predicted octanol–water partition coefficient (Wildman–Crippen LogP) is 2.69. The molecule has 2 unspecified atom stereocenters. The van der Waals surface area contributed by atoms with Crippen LogP contribution < -0.4 is 0 Å². The molecular weight excluding hydrogens is 250 g/mol. The predicted molar refractivity (Wildman–Crippen MR) is 77.1 cm³/mol. The van der Waals surface area contributed by atoms with Gasteiger partial charge in [0.25, 0.3) is 0 Å². The molecule has 0 amide bonds. The van der Waals surface area contributed by atoms with E-state index in [1.807, 2.05) is 0 Å². The zero-order valence-electron chi connectivity index (χ0n) is 12.8. The van der Waals surface area contributed by atoms with Gasteiger partial charge < -0.3 is 4.74 Å². The first kappa shape index (κ1) is 13.1. The van der Waals surface area contributed by atoms with Gasteiger partial charge in [-0.15, -0.1) is 0 Å². The van der Waals surface area contributed by atoms with E-state index >= 15 is 0 Å². The Morgan fingerprint density at radius 2 is 2.05 bits per heavy atom. The van der Waals surface area contributed by atoms with Crippen LogP contribution in [-0.4, -0.2) is 36.1 Å². The summed E-state index contributed by atoms with van der Waals surface area (Å²) in [5, 5.41) is 0. The van der Waals surface area contributed by atoms with E-state index in [0.29, 0.717) is 17.8 Å². The molecule has 3 nitrogen and oxygen atoms in total. The highest BCUT2D eigenvalue weighted by Gasteiger charge is 2.60. The Balaban J connectivity index is 1.74. The van der Waals surface area contributed by atoms with Gasteiger partial charge in [-0.1, -0.05) is 20.3 Å². The minimum Gasteiger partial charge on any atom is -0.462 e. The summed E-state index contributed by atoms with van der Waals surface area (Å²) in [5.41, 5.74) is 0. The summed E-state index contributed by atoms with van der Waals surface area (Å²) in [7, 11) is 0. The summed E-state index contributed by atoms with van der Waals surface area (Å²) in [6, 6.07) is 0.751. The molecule has 3 heteroatoms. The average molecular weight is 277 g/mol. The van der Waals surface area contributed by atoms with Crippen LogP contribution >= 0.6 is 0 Å². The molecule has 3 heterocycles. The number of nitrogens with zero attached hydrogens (tertiary/aromatic N) is 1. The summed E-state index contributed by atoms with van der Waals surface area (Å²) in [6.45, 7) is 6.95. The van der Waals surface area contributed by atoms with Crippen LogP contribution in [0.4, 0.5) is 0 Å². The zero-order valence-corrected chi connectivity index (χ0v) is 12.8. The lowest BCUT2D eigenvalue weighted by atomic mass is 9.60. The lowest BCUT2D eigenvalue weighted by Gasteiger charge is -2.48. The van der Waals surface area contributed by atoms with E-state index in [-0.39, 0.29) is 18.0 Å². The largest absolute Gasteiger partial charge is 0.462 e. The van der Waals surface area contributed by atoms with Gasteiger partial charge in [0.05, 0.1) is 5.92 Å². The molecule has 20 heavy (non-hydrogen) atoms. The highest BCUT2D eigenvalue weighted by Crippen LogP contribution is 2.55. The van der Waals surface area contributed by atoms with E-state index < -0.39 is 0 Å². The second-order valence-corrected chi connectivity index (χ2v) is 7.48. The number of ether oxygens (including phenoxy) is 1. The van der Waals surface area contributed by atoms with Crippen molar-refractivity contribution < 1.29 is 9.53 Å². The topological polar surface area (TPSA) is 29.5 Å². The van der Waals surface area contributed by atoms with Crippen molar-refractivity contribution in [3.05, 3.63) is 0 Å². The summed E-state index contributed by atoms with van der Waals surface area (Å²) in [5.74, 6) is 2.80. The van der Waals surface area contributed by atoms with Crippen LogP contribution in [0.5, 0.6) is 0 Å². The van der Waals surface area contributed by atoms with Crippen LogP contribution in [-0.2, 0) is 9.53 Å². The third-order valence-electron chi connectivity index (χ3n) is 6.80. The van der Waals surface area contributed by atoms with Crippen LogP contribution in [0.25, 0.3) is 0 Å². The van der Waals surface area contributed by atoms with E-state index in [1.54, 1.807) is 0 Å². The van der Waals surface area contributed by atoms with Crippen LogP contribution in [0.2, 0.25) is 0 Å². The van der Waals surface area contributed by atoms with Gasteiger partial charge >= 0.3 is 5.97 Å². The molecule has 7 atom stereocenters. The van der Waals surface area contributed by atoms with Gasteiger partial charge in [-0.2, -0.15) is 0 Å². The smallest absolute Gasteiger partial charge is 0.309 e. The van der Waals surface area contributed by atoms with Gasteiger partial charge in [-0.25, -0.2) is 0 Å². The molecule has 112 valence electrons. The molecule has 1 aliphatic carbocycles. The molecule has 3 saturated heterocycles. The van der Waals surface area contributed by atoms with E-state index in [0.717, 1.165) is 12.0 Å². The Bertz CT molecular complexity index is 410. The molecule has 4 rings (SSSR count). The highest BCUT2D eigenvalue weighted by molar-refractivity contribution is 5.75. The van der Waals surface area contributed by atoms with E-state index in [4.69, 9.17) is 4.74 Å². The maximum absolute atomic E-state index is 12.1. The number of hydrogen-bond donors (Lipinski definition) is 0. The molecule has 0 aromatic heterocycles. The molecule has 4 aliphatic rings. The summed E-state index contributed by atoms with van der Waals surface area (Å²) in [6.07, 6.45) is 6.77. The Hall–Kier alpha value is -0.570. The molecule has 0 aromatic rings. The summed E-state index contributed by atoms with van der Waals surface area (Å²) >= 11 is 0. The molecule has 3 aliphatic heterocycles. The number of fused-ring (bicyclic) bond motifs is 2. The number of carbonyl (C=O) groups excluding carboxylic acids is 1. The Kier molecular flexibility index (Phi) is 3.10. The molecule has 0 bridgehead atoms. The van der Waals surface area contributed by atoms with Gasteiger partial charge in [0, 0.05) is 17.9 Å². The minimum atomic E-state index is 0.0772. The van der Waals surface area contributed by atoms with Gasteiger partial charge in [-0.05, 0) is 50.6 Å². The lowest BCUT2D eigenvalue weighted by Crippen LogP contribution is -2.53. The van der Waals surface area contributed by atoms with E-state index in [1.165, 1.54) is 45.2 Å². The van der Waals surface area contributed by atoms with Crippen molar-refractivity contribution in [2.24, 2.45) is 29.6 Å². The molecule has 4 fully saturated rings. The number of rotatable bonds is 1. The van der Waals surface area contributed by atoms with Gasteiger partial charge in [-0.3, -0.25) is 9.69 Å². The van der Waals surface area contributed by atoms with Crippen molar-refractivity contribution in [2.75, 3.05) is 13.1 Å². The Labute approximate surface area is 122 Å². The maximum Gasteiger partial charge on any atom is 0.309 e. The minimum absolute atomic E-state index is 0.0772. The monoisotopic (exact) mass is 277 g/mol. The van der Waals surface area contributed by atoms with Crippen molar-refractivity contribution in [1.29, 1.82) is 0 Å². The van der Waals surface area contributed by atoms with Gasteiger partial charge in [0.2, 0.25) is 0 Å². The van der Waals surface area contributed by atoms with Gasteiger partial charge in [0.15, 0.2) is 0 Å². The fourth-order valence-electron chi connectivity index (χ4n) is 6.04. The van der Waals surface area contributed by atoms with Crippen molar-refractivity contribution in [1.82, 2.24) is 4.90 Å². The summed E-state index contributed by atoms with van der Waals surface area (Å²) < 4.78 is 5.86. The van der Waals surface area contributed by atoms with Crippen LogP contribution in [0.3, 0.4) is 0 Å². The molecule has 0 radical (unpaired) electrons. The second kappa shape index (κ2) is 4.72. The van der Waals surface area contributed by atoms with Crippen LogP contribution in [0, 0.1) is 29.6 Å². The number of esters is 1. The summed E-state index contributed by atoms with van der Waals surface area (Å²) in [4.78, 5) is 14.9. The molecule has 1 saturated carbocycles. The third-order valence-corrected chi connectivity index (χ3v) is 6.80. The van der Waals surface area contributed by atoms with E-state index in [9.17, 15) is 4.79 Å². The van der Waals surface area contributed by atoms with Crippen molar-refractivity contribution >= 4 is 5.97 Å². The van der Waals surface area contributed by atoms with Crippen molar-refractivity contribution in [3.8, 4) is 0 Å². The third kappa shape index (κ3) is 1.65. The van der Waals surface area contributed by atoms with Crippen LogP contribution in [0.15, 0.2) is 0 Å². The van der Waals surface area contributed by atoms with E-state index in [2.05, 4.69) is 18.7 Å². The van der Waals surface area contributed by atoms with Gasteiger partial charge in [0.1, 0.15) is 6.10 Å². The fraction of sp³-hybridized carbons (Fsp3) is 0.941. The molecule has 0 spiro atoms. The lowest BCUT2D eigenvalue weighted by molar-refractivity contribution is -0.148. The van der Waals surface area contributed by atoms with Crippen molar-refractivity contribution in [2.45, 2.75) is 58.1 Å². The first-order chi connectivity index (χ1) is 9.72. The molecule has 0 aromatic carbocycles. The van der Waals surface area contributed by atoms with Crippen LogP contribution in [0.1, 0.15) is 46.0 Å². The Morgan fingerprint density at radius 1 is 1.20 bits per heavy atom. The molecule has 0 N–H and O–H groups in total. The second-order valence-electron chi connectivity index (χ2n) is 7.48. The fourth-order valence-corrected chi connectivity index (χ4v) is 6.04. The SMILES string of the molecule is CCC1[C@H]2CCCCN3CC[C@@H]([C@@H]4C(C)C(=O)O[C@H]14)[C@@H]23. The number of hydrogen-bond acceptors (Lipinski definition) is 3. The highest BCUT2D eigenvalue weighted by atomic mass is 16.6. The normalized spacial score (nSPS) is 51.3. The quantitative estimate of drug-likeness (QED) is 0.690. The molecular formula is C17H27NO2. The standard InChI is InChI=1S/C17H27NO2/c1-3-11-12-6-4-5-8-18-9-7-13(15(12)18)14-10(2)17(19)20-16(11)14/h10-16H,3-9H2,1-2H3/t10?,11?,12-,13+,14+,15-,16-/m1/s1.